The van der Waals surface area contributed by atoms with Gasteiger partial charge in [0.1, 0.15) is 0 Å². The smallest absolute Gasteiger partial charge is 2.00 e. The van der Waals surface area contributed by atoms with Crippen LogP contribution >= 0.6 is 0 Å². The van der Waals surface area contributed by atoms with Crippen molar-refractivity contribution in [3.8, 4) is 0 Å². The molecular weight excluding hydrogens is 253 g/mol. The molecule has 0 heterocycles. The molecule has 0 fully saturated rings. The van der Waals surface area contributed by atoms with Gasteiger partial charge in [0.25, 0.3) is 0 Å². The second kappa shape index (κ2) is 63.8. The van der Waals surface area contributed by atoms with Crippen molar-refractivity contribution in [3.05, 3.63) is 0 Å². The van der Waals surface area contributed by atoms with E-state index in [1.54, 1.807) is 0 Å². The Balaban J connectivity index is 0. The molecule has 0 atom stereocenters. The van der Waals surface area contributed by atoms with Crippen molar-refractivity contribution in [3.63, 3.8) is 0 Å². The van der Waals surface area contributed by atoms with E-state index in [0.717, 1.165) is 0 Å². The molecule has 0 aromatic heterocycles. The Morgan fingerprint density at radius 3 is 0.667 bits per heavy atom. The maximum atomic E-state index is 0. The Bertz CT molecular complexity index is 11.5. The normalized spacial score (nSPS) is 0. The van der Waals surface area contributed by atoms with Gasteiger partial charge < -0.3 is 23.4 Å². The third-order valence-corrected chi connectivity index (χ3v) is 0. The van der Waals surface area contributed by atoms with Crippen molar-refractivity contribution >= 4 is 0 Å². The van der Waals surface area contributed by atoms with Crippen LogP contribution in [0.1, 0.15) is 0 Å². The molecule has 0 rings (SSSR count). The fraction of sp³-hybridized carbons (Fsp3) is 0. The summed E-state index contributed by atoms with van der Waals surface area (Å²) in [5.41, 5.74) is 0. The Morgan fingerprint density at radius 2 is 0.667 bits per heavy atom. The standard InChI is InChI=1S/ClH.Mn.2O.2Zn/h1H;;;;;/q;+2;2*-2;2*+2/p-1. The van der Waals surface area contributed by atoms with Crippen molar-refractivity contribution in [2.24, 2.45) is 0 Å². The molecule has 2 nitrogen and oxygen atoms in total. The molecule has 0 saturated heterocycles. The summed E-state index contributed by atoms with van der Waals surface area (Å²) >= 11 is 0. The third-order valence-electron chi connectivity index (χ3n) is 0. The Labute approximate surface area is 78.8 Å². The minimum absolute atomic E-state index is 0. The van der Waals surface area contributed by atoms with Gasteiger partial charge in [0.2, 0.25) is 0 Å². The van der Waals surface area contributed by atoms with Crippen LogP contribution in [0.5, 0.6) is 0 Å². The minimum atomic E-state index is 0. The van der Waals surface area contributed by atoms with Crippen LogP contribution in [-0.2, 0) is 67.0 Å². The molecule has 0 unspecified atom stereocenters. The van der Waals surface area contributed by atoms with Gasteiger partial charge in [-0.05, 0) is 0 Å². The molecule has 0 amide bonds. The summed E-state index contributed by atoms with van der Waals surface area (Å²) in [5.74, 6) is 0. The average molecular weight is 253 g/mol. The van der Waals surface area contributed by atoms with E-state index in [9.17, 15) is 0 Å². The minimum Gasteiger partial charge on any atom is -2.00 e. The first-order valence-corrected chi connectivity index (χ1v) is 0. The number of rotatable bonds is 0. The van der Waals surface area contributed by atoms with Crippen LogP contribution in [0.15, 0.2) is 0 Å². The van der Waals surface area contributed by atoms with Gasteiger partial charge in [-0.25, -0.2) is 0 Å². The van der Waals surface area contributed by atoms with Crippen LogP contribution in [0.3, 0.4) is 0 Å². The molecule has 0 aliphatic rings. The van der Waals surface area contributed by atoms with Gasteiger partial charge in [0.15, 0.2) is 0 Å². The first-order valence-electron chi connectivity index (χ1n) is 0. The van der Waals surface area contributed by atoms with Gasteiger partial charge in [-0.15, -0.1) is 0 Å². The predicted molar refractivity (Wildman–Crippen MR) is 1.37 cm³/mol. The summed E-state index contributed by atoms with van der Waals surface area (Å²) in [4.78, 5) is 0. The maximum Gasteiger partial charge on any atom is 2.00 e. The van der Waals surface area contributed by atoms with Gasteiger partial charge >= 0.3 is 56.0 Å². The molecule has 0 aromatic rings. The monoisotopic (exact) mass is 250 g/mol. The molecule has 0 spiro atoms. The van der Waals surface area contributed by atoms with Crippen LogP contribution < -0.4 is 12.4 Å². The topological polar surface area (TPSA) is 57.0 Å². The summed E-state index contributed by atoms with van der Waals surface area (Å²) in [7, 11) is 0. The van der Waals surface area contributed by atoms with E-state index in [1.807, 2.05) is 0 Å². The molecule has 0 bridgehead atoms. The van der Waals surface area contributed by atoms with Gasteiger partial charge in [-0.2, -0.15) is 0 Å². The molecule has 0 saturated carbocycles. The predicted octanol–water partition coefficient (Wildman–Crippen LogP) is -3.24. The first kappa shape index (κ1) is 99.4. The second-order valence-electron chi connectivity index (χ2n) is 0. The van der Waals surface area contributed by atoms with Gasteiger partial charge in [-0.3, -0.25) is 0 Å². The molecule has 6 heavy (non-hydrogen) atoms. The Morgan fingerprint density at radius 1 is 0.667 bits per heavy atom. The largest absolute Gasteiger partial charge is 2.00 e. The molecule has 0 N–H and O–H groups in total. The Hall–Kier alpha value is 1.98. The third kappa shape index (κ3) is 37.9. The zero-order chi connectivity index (χ0) is 0. The first-order chi connectivity index (χ1) is 0. The zero-order valence-electron chi connectivity index (χ0n) is 2.99. The van der Waals surface area contributed by atoms with Crippen molar-refractivity contribution in [2.75, 3.05) is 0 Å². The van der Waals surface area contributed by atoms with Crippen LogP contribution in [0.4, 0.5) is 0 Å². The average Bonchev–Trinajstić information content (AvgIpc) is 0. The maximum absolute atomic E-state index is 0. The summed E-state index contributed by atoms with van der Waals surface area (Å²) in [6.07, 6.45) is 0. The van der Waals surface area contributed by atoms with E-state index >= 15 is 0 Å². The molecule has 0 aromatic carbocycles. The number of hydrogen-bond acceptors (Lipinski definition) is 0. The molecule has 0 aliphatic heterocycles. The van der Waals surface area contributed by atoms with E-state index < -0.39 is 0 Å². The van der Waals surface area contributed by atoms with Gasteiger partial charge in [-0.1, -0.05) is 0 Å². The van der Waals surface area contributed by atoms with Crippen LogP contribution in [-0.4, -0.2) is 0 Å². The van der Waals surface area contributed by atoms with E-state index in [0.29, 0.717) is 0 Å². The number of hydrogen-bond donors (Lipinski definition) is 0. The fourth-order valence-corrected chi connectivity index (χ4v) is 0. The summed E-state index contributed by atoms with van der Waals surface area (Å²) in [5, 5.41) is 0. The quantitative estimate of drug-likeness (QED) is 0.407. The van der Waals surface area contributed by atoms with Gasteiger partial charge in [0.05, 0.1) is 0 Å². The molecule has 0 aliphatic carbocycles. The van der Waals surface area contributed by atoms with Crippen molar-refractivity contribution < 1.29 is 79.4 Å². The van der Waals surface area contributed by atoms with E-state index in [1.165, 1.54) is 0 Å². The van der Waals surface area contributed by atoms with Crippen LogP contribution in [0.2, 0.25) is 0 Å². The Kier molecular flexibility index (Phi) is 1060. The van der Waals surface area contributed by atoms with E-state index in [2.05, 4.69) is 0 Å². The zero-order valence-corrected chi connectivity index (χ0v) is 10.9. The summed E-state index contributed by atoms with van der Waals surface area (Å²) in [6, 6.07) is 0. The van der Waals surface area contributed by atoms with Gasteiger partial charge in [0, 0.05) is 0 Å². The van der Waals surface area contributed by atoms with E-state index in [4.69, 9.17) is 0 Å². The molecule has 1 radical (unpaired) electrons. The molecular formula is ClMnO2Zn2+. The van der Waals surface area contributed by atoms with E-state index in [-0.39, 0.29) is 79.4 Å². The molecule has 6 heteroatoms. The summed E-state index contributed by atoms with van der Waals surface area (Å²) in [6.45, 7) is 0. The van der Waals surface area contributed by atoms with Crippen molar-refractivity contribution in [1.29, 1.82) is 0 Å². The van der Waals surface area contributed by atoms with Crippen LogP contribution in [0.25, 0.3) is 0 Å². The fourth-order valence-electron chi connectivity index (χ4n) is 0. The summed E-state index contributed by atoms with van der Waals surface area (Å²) < 4.78 is 0. The number of halogens is 1. The second-order valence-corrected chi connectivity index (χ2v) is 0. The van der Waals surface area contributed by atoms with Crippen LogP contribution in [0, 0.1) is 0 Å². The van der Waals surface area contributed by atoms with Crippen molar-refractivity contribution in [1.82, 2.24) is 0 Å². The van der Waals surface area contributed by atoms with Crippen molar-refractivity contribution in [2.45, 2.75) is 0 Å². The molecule has 29 valence electrons. The SMILES string of the molecule is [Cl-].[Mn+2].[O-2].[O-2].[Zn+2].[Zn+2].